The average molecular weight is 283 g/mol. The second-order valence-electron chi connectivity index (χ2n) is 5.32. The van der Waals surface area contributed by atoms with Crippen molar-refractivity contribution in [1.29, 1.82) is 0 Å². The highest BCUT2D eigenvalue weighted by Gasteiger charge is 2.45. The summed E-state index contributed by atoms with van der Waals surface area (Å²) in [6.45, 7) is 6.09. The number of thioether (sulfide) groups is 1. The minimum absolute atomic E-state index is 0.0344. The van der Waals surface area contributed by atoms with Crippen LogP contribution < -0.4 is 10.2 Å². The van der Waals surface area contributed by atoms with E-state index in [-0.39, 0.29) is 5.50 Å². The van der Waals surface area contributed by atoms with Crippen LogP contribution in [0.5, 0.6) is 0 Å². The fourth-order valence-corrected chi connectivity index (χ4v) is 4.26. The first-order valence-electron chi connectivity index (χ1n) is 6.69. The number of nitrogens with zero attached hydrogens (tertiary/aromatic N) is 1. The second-order valence-corrected chi connectivity index (χ2v) is 6.48. The van der Waals surface area contributed by atoms with Gasteiger partial charge in [0.05, 0.1) is 11.9 Å². The second kappa shape index (κ2) is 4.77. The third-order valence-corrected chi connectivity index (χ3v) is 5.21. The lowest BCUT2D eigenvalue weighted by atomic mass is 10.1. The van der Waals surface area contributed by atoms with Crippen molar-refractivity contribution in [3.05, 3.63) is 60.2 Å². The molecule has 1 heterocycles. The molecule has 20 heavy (non-hydrogen) atoms. The number of nitrogens with two attached hydrogens (primary N) is 1. The quantitative estimate of drug-likeness (QED) is 0.834. The summed E-state index contributed by atoms with van der Waals surface area (Å²) in [5.74, 6) is 0. The van der Waals surface area contributed by atoms with Gasteiger partial charge in [-0.2, -0.15) is 0 Å². The van der Waals surface area contributed by atoms with Crippen LogP contribution in [0.4, 0.5) is 11.4 Å². The van der Waals surface area contributed by atoms with Gasteiger partial charge in [0.2, 0.25) is 5.50 Å². The summed E-state index contributed by atoms with van der Waals surface area (Å²) in [6, 6.07) is 14.9. The zero-order valence-electron chi connectivity index (χ0n) is 11.8. The monoisotopic (exact) mass is 283 g/mol. The molecule has 0 amide bonds. The van der Waals surface area contributed by atoms with Crippen molar-refractivity contribution in [3.63, 3.8) is 0 Å². The van der Waals surface area contributed by atoms with Gasteiger partial charge in [-0.3, -0.25) is 5.73 Å². The summed E-state index contributed by atoms with van der Waals surface area (Å²) in [4.78, 5) is 1.26. The van der Waals surface area contributed by atoms with Crippen LogP contribution in [0, 0.1) is 6.92 Å². The van der Waals surface area contributed by atoms with Crippen LogP contribution in [0.2, 0.25) is 0 Å². The minimum Gasteiger partial charge on any atom is -0.271 e. The minimum atomic E-state index is -0.0344. The Bertz CT molecular complexity index is 666. The van der Waals surface area contributed by atoms with Crippen molar-refractivity contribution in [2.45, 2.75) is 17.3 Å². The first-order chi connectivity index (χ1) is 9.57. The SMILES string of the molecule is C=Cc1cc(C)cc2c1[N+](C)(c1ccccc1)C(N)S2. The fraction of sp³-hybridized carbons (Fsp3) is 0.176. The number of hydrogen-bond donors (Lipinski definition) is 1. The highest BCUT2D eigenvalue weighted by atomic mass is 32.2. The normalized spacial score (nSPS) is 24.4. The van der Waals surface area contributed by atoms with E-state index in [2.05, 4.69) is 56.9 Å². The molecule has 0 radical (unpaired) electrons. The lowest BCUT2D eigenvalue weighted by Crippen LogP contribution is -2.49. The van der Waals surface area contributed by atoms with Crippen LogP contribution in [0.3, 0.4) is 0 Å². The topological polar surface area (TPSA) is 26.0 Å². The van der Waals surface area contributed by atoms with Gasteiger partial charge in [-0.05, 0) is 48.5 Å². The van der Waals surface area contributed by atoms with E-state index >= 15 is 0 Å². The standard InChI is InChI=1S/C17H19N2S/c1-4-13-10-12(2)11-15-16(13)19(3,17(18)20-15)14-8-6-5-7-9-14/h4-11,17H,1,18H2,2-3H3/q+1. The highest BCUT2D eigenvalue weighted by Crippen LogP contribution is 2.52. The molecule has 3 heteroatoms. The summed E-state index contributed by atoms with van der Waals surface area (Å²) in [7, 11) is 2.18. The van der Waals surface area contributed by atoms with Gasteiger partial charge in [0.15, 0.2) is 5.69 Å². The molecule has 3 rings (SSSR count). The molecule has 102 valence electrons. The van der Waals surface area contributed by atoms with Gasteiger partial charge in [0.25, 0.3) is 0 Å². The molecule has 2 aromatic rings. The lowest BCUT2D eigenvalue weighted by Gasteiger charge is -2.33. The van der Waals surface area contributed by atoms with Gasteiger partial charge >= 0.3 is 0 Å². The summed E-state index contributed by atoms with van der Waals surface area (Å²) >= 11 is 1.74. The van der Waals surface area contributed by atoms with E-state index in [4.69, 9.17) is 5.73 Å². The van der Waals surface area contributed by atoms with Crippen LogP contribution in [0.25, 0.3) is 6.08 Å². The Hall–Kier alpha value is -1.55. The van der Waals surface area contributed by atoms with Crippen LogP contribution in [0.15, 0.2) is 53.9 Å². The molecule has 0 spiro atoms. The Morgan fingerprint density at radius 1 is 1.25 bits per heavy atom. The molecule has 2 nitrogen and oxygen atoms in total. The number of rotatable bonds is 2. The third kappa shape index (κ3) is 1.82. The molecular formula is C17H19N2S+. The number of quaternary nitrogens is 1. The first-order valence-corrected chi connectivity index (χ1v) is 7.57. The van der Waals surface area contributed by atoms with E-state index in [9.17, 15) is 0 Å². The molecule has 0 fully saturated rings. The Kier molecular flexibility index (Phi) is 3.21. The number of hydrogen-bond acceptors (Lipinski definition) is 2. The molecule has 0 aromatic heterocycles. The van der Waals surface area contributed by atoms with Crippen molar-refractivity contribution in [2.75, 3.05) is 7.05 Å². The van der Waals surface area contributed by atoms with E-state index < -0.39 is 0 Å². The third-order valence-electron chi connectivity index (χ3n) is 3.98. The molecule has 0 aliphatic carbocycles. The molecule has 2 aromatic carbocycles. The van der Waals surface area contributed by atoms with E-state index in [1.807, 2.05) is 12.1 Å². The molecule has 2 unspecified atom stereocenters. The van der Waals surface area contributed by atoms with E-state index in [1.165, 1.54) is 27.4 Å². The molecule has 0 saturated carbocycles. The Morgan fingerprint density at radius 3 is 2.60 bits per heavy atom. The Labute approximate surface area is 124 Å². The smallest absolute Gasteiger partial charge is 0.202 e. The van der Waals surface area contributed by atoms with Crippen LogP contribution >= 0.6 is 11.8 Å². The van der Waals surface area contributed by atoms with Gasteiger partial charge in [-0.15, -0.1) is 0 Å². The summed E-state index contributed by atoms with van der Waals surface area (Å²) in [6.07, 6.45) is 1.93. The van der Waals surface area contributed by atoms with Crippen molar-refractivity contribution >= 4 is 29.2 Å². The maximum absolute atomic E-state index is 6.47. The zero-order chi connectivity index (χ0) is 14.3. The maximum atomic E-state index is 6.47. The number of benzene rings is 2. The number of aryl methyl sites for hydroxylation is 1. The van der Waals surface area contributed by atoms with Gasteiger partial charge in [-0.25, -0.2) is 4.48 Å². The lowest BCUT2D eigenvalue weighted by molar-refractivity contribution is 0.444. The van der Waals surface area contributed by atoms with Gasteiger partial charge < -0.3 is 0 Å². The van der Waals surface area contributed by atoms with Gasteiger partial charge in [0.1, 0.15) is 5.69 Å². The zero-order valence-corrected chi connectivity index (χ0v) is 12.7. The highest BCUT2D eigenvalue weighted by molar-refractivity contribution is 8.00. The predicted molar refractivity (Wildman–Crippen MR) is 88.9 cm³/mol. The molecule has 1 aliphatic rings. The summed E-state index contributed by atoms with van der Waals surface area (Å²) in [5.41, 5.74) is 11.3. The van der Waals surface area contributed by atoms with Gasteiger partial charge in [0, 0.05) is 5.56 Å². The van der Waals surface area contributed by atoms with Crippen molar-refractivity contribution in [3.8, 4) is 0 Å². The number of fused-ring (bicyclic) bond motifs is 1. The fourth-order valence-electron chi connectivity index (χ4n) is 2.89. The first kappa shape index (κ1) is 13.4. The largest absolute Gasteiger partial charge is 0.271 e. The Balaban J connectivity index is 2.29. The molecule has 0 bridgehead atoms. The van der Waals surface area contributed by atoms with Crippen molar-refractivity contribution in [1.82, 2.24) is 4.48 Å². The Morgan fingerprint density at radius 2 is 1.95 bits per heavy atom. The average Bonchev–Trinajstić information content (AvgIpc) is 2.71. The van der Waals surface area contributed by atoms with Crippen molar-refractivity contribution < 1.29 is 0 Å². The van der Waals surface area contributed by atoms with E-state index in [0.717, 1.165) is 0 Å². The predicted octanol–water partition coefficient (Wildman–Crippen LogP) is 4.25. The van der Waals surface area contributed by atoms with E-state index in [0.29, 0.717) is 4.48 Å². The molecule has 0 saturated heterocycles. The summed E-state index contributed by atoms with van der Waals surface area (Å²) in [5, 5.41) is 0. The number of para-hydroxylation sites is 1. The van der Waals surface area contributed by atoms with Crippen LogP contribution in [0.1, 0.15) is 11.1 Å². The molecule has 1 aliphatic heterocycles. The van der Waals surface area contributed by atoms with Crippen LogP contribution in [-0.4, -0.2) is 12.5 Å². The maximum Gasteiger partial charge on any atom is 0.202 e. The molecular weight excluding hydrogens is 264 g/mol. The molecule has 2 N–H and O–H groups in total. The van der Waals surface area contributed by atoms with Crippen LogP contribution in [-0.2, 0) is 0 Å². The van der Waals surface area contributed by atoms with Crippen molar-refractivity contribution in [2.24, 2.45) is 5.73 Å². The van der Waals surface area contributed by atoms with Gasteiger partial charge in [-0.1, -0.05) is 30.9 Å². The molecule has 2 atom stereocenters. The van der Waals surface area contributed by atoms with E-state index in [1.54, 1.807) is 11.8 Å². The summed E-state index contributed by atoms with van der Waals surface area (Å²) < 4.78 is 0.614.